The minimum Gasteiger partial charge on any atom is -0.329 e. The summed E-state index contributed by atoms with van der Waals surface area (Å²) in [5.74, 6) is 0. The number of rotatable bonds is 3. The van der Waals surface area contributed by atoms with Gasteiger partial charge in [-0.2, -0.15) is 0 Å². The van der Waals surface area contributed by atoms with Gasteiger partial charge in [-0.25, -0.2) is 0 Å². The molecule has 3 heteroatoms. The second kappa shape index (κ2) is 4.37. The molecule has 1 aromatic carbocycles. The molecule has 0 radical (unpaired) electrons. The fourth-order valence-electron chi connectivity index (χ4n) is 1.34. The molecule has 0 spiro atoms. The van der Waals surface area contributed by atoms with E-state index in [1.807, 2.05) is 42.5 Å². The first-order valence-corrected chi connectivity index (χ1v) is 4.62. The molecule has 1 N–H and O–H groups in total. The van der Waals surface area contributed by atoms with Crippen LogP contribution in [0.1, 0.15) is 0 Å². The molecule has 2 aromatic rings. The number of carbonyl (C=O) groups excluding carboxylic acids is 1. The summed E-state index contributed by atoms with van der Waals surface area (Å²) in [6.07, 6.45) is 2.42. The monoisotopic (exact) mass is 198 g/mol. The number of hydrogen-bond acceptors (Lipinski definition) is 2. The van der Waals surface area contributed by atoms with E-state index in [-0.39, 0.29) is 0 Å². The molecule has 0 aliphatic heterocycles. The van der Waals surface area contributed by atoms with Gasteiger partial charge in [0, 0.05) is 17.4 Å². The molecule has 15 heavy (non-hydrogen) atoms. The maximum Gasteiger partial charge on any atom is 0.211 e. The van der Waals surface area contributed by atoms with Crippen molar-refractivity contribution in [2.75, 3.05) is 5.32 Å². The lowest BCUT2D eigenvalue weighted by Crippen LogP contribution is -1.92. The minimum atomic E-state index is 0.662. The summed E-state index contributed by atoms with van der Waals surface area (Å²) in [6, 6.07) is 13.3. The highest BCUT2D eigenvalue weighted by Crippen LogP contribution is 2.18. The van der Waals surface area contributed by atoms with Crippen molar-refractivity contribution in [1.29, 1.82) is 0 Å². The van der Waals surface area contributed by atoms with Crippen LogP contribution in [0, 0.1) is 0 Å². The second-order valence-electron chi connectivity index (χ2n) is 3.05. The number of carbonyl (C=O) groups is 1. The third-order valence-corrected chi connectivity index (χ3v) is 2.07. The fraction of sp³-hybridized carbons (Fsp3) is 0. The van der Waals surface area contributed by atoms with Crippen LogP contribution in [-0.2, 0) is 4.79 Å². The molecule has 2 rings (SSSR count). The smallest absolute Gasteiger partial charge is 0.211 e. The van der Waals surface area contributed by atoms with Crippen LogP contribution in [0.3, 0.4) is 0 Å². The average molecular weight is 198 g/mol. The van der Waals surface area contributed by atoms with Gasteiger partial charge in [0.2, 0.25) is 6.41 Å². The lowest BCUT2D eigenvalue weighted by molar-refractivity contribution is -0.105. The number of hydrogen-bond donors (Lipinski definition) is 1. The van der Waals surface area contributed by atoms with Gasteiger partial charge in [-0.15, -0.1) is 0 Å². The van der Waals surface area contributed by atoms with Gasteiger partial charge in [-0.3, -0.25) is 9.78 Å². The largest absolute Gasteiger partial charge is 0.329 e. The fourth-order valence-corrected chi connectivity index (χ4v) is 1.34. The zero-order valence-corrected chi connectivity index (χ0v) is 8.05. The van der Waals surface area contributed by atoms with E-state index in [0.717, 1.165) is 16.9 Å². The van der Waals surface area contributed by atoms with Crippen LogP contribution in [0.5, 0.6) is 0 Å². The number of amides is 1. The zero-order chi connectivity index (χ0) is 10.5. The third kappa shape index (κ3) is 2.20. The Kier molecular flexibility index (Phi) is 2.74. The first-order chi connectivity index (χ1) is 7.40. The highest BCUT2D eigenvalue weighted by molar-refractivity contribution is 5.73. The van der Waals surface area contributed by atoms with E-state index in [4.69, 9.17) is 0 Å². The first-order valence-electron chi connectivity index (χ1n) is 4.62. The first kappa shape index (κ1) is 9.40. The molecule has 0 saturated carbocycles. The maximum absolute atomic E-state index is 10.2. The Morgan fingerprint density at radius 1 is 1.07 bits per heavy atom. The number of benzene rings is 1. The average Bonchev–Trinajstić information content (AvgIpc) is 2.32. The van der Waals surface area contributed by atoms with Crippen LogP contribution in [0.15, 0.2) is 48.7 Å². The predicted octanol–water partition coefficient (Wildman–Crippen LogP) is 2.32. The van der Waals surface area contributed by atoms with Gasteiger partial charge in [-0.1, -0.05) is 18.2 Å². The molecule has 0 fully saturated rings. The van der Waals surface area contributed by atoms with Crippen LogP contribution in [0.25, 0.3) is 11.3 Å². The highest BCUT2D eigenvalue weighted by atomic mass is 16.1. The van der Waals surface area contributed by atoms with Gasteiger partial charge in [0.25, 0.3) is 0 Å². The Hall–Kier alpha value is -2.16. The summed E-state index contributed by atoms with van der Waals surface area (Å²) in [4.78, 5) is 14.4. The van der Waals surface area contributed by atoms with Gasteiger partial charge in [0.15, 0.2) is 0 Å². The van der Waals surface area contributed by atoms with Gasteiger partial charge in [0.1, 0.15) is 0 Å². The van der Waals surface area contributed by atoms with Crippen molar-refractivity contribution < 1.29 is 4.79 Å². The molecule has 0 aliphatic carbocycles. The van der Waals surface area contributed by atoms with Gasteiger partial charge in [0.05, 0.1) is 5.69 Å². The summed E-state index contributed by atoms with van der Waals surface area (Å²) < 4.78 is 0. The molecule has 0 bridgehead atoms. The molecule has 0 unspecified atom stereocenters. The van der Waals surface area contributed by atoms with Crippen LogP contribution in [0.4, 0.5) is 5.69 Å². The zero-order valence-electron chi connectivity index (χ0n) is 8.05. The van der Waals surface area contributed by atoms with Crippen LogP contribution in [0.2, 0.25) is 0 Å². The molecule has 0 saturated heterocycles. The van der Waals surface area contributed by atoms with Crippen molar-refractivity contribution in [3.8, 4) is 11.3 Å². The lowest BCUT2D eigenvalue weighted by atomic mass is 10.1. The molecule has 1 aromatic heterocycles. The van der Waals surface area contributed by atoms with Crippen molar-refractivity contribution >= 4 is 12.1 Å². The van der Waals surface area contributed by atoms with Gasteiger partial charge in [-0.05, 0) is 24.3 Å². The lowest BCUT2D eigenvalue weighted by Gasteiger charge is -2.01. The highest BCUT2D eigenvalue weighted by Gasteiger charge is 1.97. The number of nitrogens with one attached hydrogen (secondary N) is 1. The van der Waals surface area contributed by atoms with Crippen molar-refractivity contribution in [3.05, 3.63) is 48.7 Å². The van der Waals surface area contributed by atoms with Crippen LogP contribution < -0.4 is 5.32 Å². The van der Waals surface area contributed by atoms with E-state index in [9.17, 15) is 4.79 Å². The Morgan fingerprint density at radius 3 is 2.47 bits per heavy atom. The Labute approximate surface area is 87.8 Å². The van der Waals surface area contributed by atoms with Crippen molar-refractivity contribution in [2.24, 2.45) is 0 Å². The minimum absolute atomic E-state index is 0.662. The molecule has 0 atom stereocenters. The van der Waals surface area contributed by atoms with E-state index in [2.05, 4.69) is 10.3 Å². The predicted molar refractivity (Wildman–Crippen MR) is 59.4 cm³/mol. The molecule has 3 nitrogen and oxygen atoms in total. The summed E-state index contributed by atoms with van der Waals surface area (Å²) in [5.41, 5.74) is 2.74. The van der Waals surface area contributed by atoms with E-state index in [1.165, 1.54) is 0 Å². The number of anilines is 1. The van der Waals surface area contributed by atoms with Gasteiger partial charge >= 0.3 is 0 Å². The number of nitrogens with zero attached hydrogens (tertiary/aromatic N) is 1. The summed E-state index contributed by atoms with van der Waals surface area (Å²) >= 11 is 0. The normalized spacial score (nSPS) is 9.60. The standard InChI is InChI=1S/C12H10N2O/c15-9-14-11-6-4-10(5-7-11)12-3-1-2-8-13-12/h1-9H,(H,14,15). The van der Waals surface area contributed by atoms with Crippen molar-refractivity contribution in [2.45, 2.75) is 0 Å². The third-order valence-electron chi connectivity index (χ3n) is 2.07. The van der Waals surface area contributed by atoms with E-state index < -0.39 is 0 Å². The molecular formula is C12H10N2O. The van der Waals surface area contributed by atoms with Crippen molar-refractivity contribution in [1.82, 2.24) is 4.98 Å². The van der Waals surface area contributed by atoms with Crippen LogP contribution >= 0.6 is 0 Å². The molecular weight excluding hydrogens is 188 g/mol. The Bertz CT molecular complexity index is 437. The Morgan fingerprint density at radius 2 is 1.87 bits per heavy atom. The Balaban J connectivity index is 2.28. The summed E-state index contributed by atoms with van der Waals surface area (Å²) in [6.45, 7) is 0. The number of pyridine rings is 1. The maximum atomic E-state index is 10.2. The molecule has 1 heterocycles. The van der Waals surface area contributed by atoms with Crippen molar-refractivity contribution in [3.63, 3.8) is 0 Å². The van der Waals surface area contributed by atoms with Crippen LogP contribution in [-0.4, -0.2) is 11.4 Å². The van der Waals surface area contributed by atoms with E-state index >= 15 is 0 Å². The quantitative estimate of drug-likeness (QED) is 0.769. The van der Waals surface area contributed by atoms with Gasteiger partial charge < -0.3 is 5.32 Å². The molecule has 74 valence electrons. The number of aromatic nitrogens is 1. The summed E-state index contributed by atoms with van der Waals surface area (Å²) in [5, 5.41) is 2.59. The topological polar surface area (TPSA) is 42.0 Å². The second-order valence-corrected chi connectivity index (χ2v) is 3.05. The SMILES string of the molecule is O=CNc1ccc(-c2ccccn2)cc1. The molecule has 1 amide bonds. The molecule has 0 aliphatic rings. The summed E-state index contributed by atoms with van der Waals surface area (Å²) in [7, 11) is 0. The van der Waals surface area contributed by atoms with E-state index in [0.29, 0.717) is 6.41 Å². The van der Waals surface area contributed by atoms with E-state index in [1.54, 1.807) is 6.20 Å².